The van der Waals surface area contributed by atoms with Crippen LogP contribution in [0, 0.1) is 0 Å². The summed E-state index contributed by atoms with van der Waals surface area (Å²) in [6.45, 7) is 1.27. The zero-order chi connectivity index (χ0) is 22.9. The molecule has 3 heterocycles. The summed E-state index contributed by atoms with van der Waals surface area (Å²) in [6.07, 6.45) is 2.04. The Hall–Kier alpha value is -3.55. The smallest absolute Gasteiger partial charge is 0.259 e. The second kappa shape index (κ2) is 8.77. The number of halogens is 1. The molecule has 33 heavy (non-hydrogen) atoms. The molecule has 1 aliphatic heterocycles. The molecule has 1 aliphatic rings. The maximum Gasteiger partial charge on any atom is 0.259 e. The van der Waals surface area contributed by atoms with Crippen molar-refractivity contribution in [3.8, 4) is 5.75 Å². The summed E-state index contributed by atoms with van der Waals surface area (Å²) in [7, 11) is 1.49. The molecule has 6 nitrogen and oxygen atoms in total. The number of carbonyl (C=O) groups excluding carboxylic acids is 2. The molecule has 0 bridgehead atoms. The van der Waals surface area contributed by atoms with E-state index in [1.165, 1.54) is 7.11 Å². The molecule has 4 aromatic rings. The van der Waals surface area contributed by atoms with Crippen LogP contribution in [0.5, 0.6) is 5.75 Å². The standard InChI is InChI=1S/C25H20ClN3O3S/c1-32-22-13-17(26)6-9-20(22)24(30)27-18-7-4-16(5-8-18)25(31)29-14-19-3-2-11-28(19)15-23-21(29)10-12-33-23/h2-13H,14-15H2,1H3,(H,27,30). The average Bonchev–Trinajstić information content (AvgIpc) is 3.44. The van der Waals surface area contributed by atoms with Crippen molar-refractivity contribution in [2.24, 2.45) is 0 Å². The van der Waals surface area contributed by atoms with Crippen LogP contribution < -0.4 is 15.0 Å². The fourth-order valence-corrected chi connectivity index (χ4v) is 4.96. The molecule has 2 aromatic heterocycles. The van der Waals surface area contributed by atoms with Crippen LogP contribution in [0.25, 0.3) is 0 Å². The monoisotopic (exact) mass is 477 g/mol. The molecular weight excluding hydrogens is 458 g/mol. The highest BCUT2D eigenvalue weighted by molar-refractivity contribution is 7.10. The lowest BCUT2D eigenvalue weighted by Gasteiger charge is -2.21. The van der Waals surface area contributed by atoms with Gasteiger partial charge in [0.1, 0.15) is 5.75 Å². The first-order chi connectivity index (χ1) is 16.0. The van der Waals surface area contributed by atoms with E-state index in [1.807, 2.05) is 34.7 Å². The molecule has 0 saturated carbocycles. The first-order valence-electron chi connectivity index (χ1n) is 10.3. The second-order valence-corrected chi connectivity index (χ2v) is 9.06. The lowest BCUT2D eigenvalue weighted by atomic mass is 10.1. The molecule has 0 saturated heterocycles. The van der Waals surface area contributed by atoms with E-state index < -0.39 is 0 Å². The summed E-state index contributed by atoms with van der Waals surface area (Å²) >= 11 is 7.63. The number of thiophene rings is 1. The fourth-order valence-electron chi connectivity index (χ4n) is 3.93. The number of nitrogens with zero attached hydrogens (tertiary/aromatic N) is 2. The van der Waals surface area contributed by atoms with Crippen molar-refractivity contribution in [3.05, 3.63) is 99.0 Å². The highest BCUT2D eigenvalue weighted by Crippen LogP contribution is 2.33. The molecule has 1 N–H and O–H groups in total. The predicted octanol–water partition coefficient (Wildman–Crippen LogP) is 5.67. The van der Waals surface area contributed by atoms with Gasteiger partial charge in [-0.1, -0.05) is 11.6 Å². The van der Waals surface area contributed by atoms with Crippen LogP contribution in [0.3, 0.4) is 0 Å². The summed E-state index contributed by atoms with van der Waals surface area (Å²) in [5.74, 6) is -0.00962. The Kier molecular flexibility index (Phi) is 5.66. The van der Waals surface area contributed by atoms with Crippen molar-refractivity contribution < 1.29 is 14.3 Å². The largest absolute Gasteiger partial charge is 0.496 e. The van der Waals surface area contributed by atoms with Crippen molar-refractivity contribution in [2.45, 2.75) is 13.1 Å². The molecular formula is C25H20ClN3O3S. The molecule has 0 spiro atoms. The molecule has 8 heteroatoms. The van der Waals surface area contributed by atoms with Crippen molar-refractivity contribution in [1.29, 1.82) is 0 Å². The van der Waals surface area contributed by atoms with Crippen molar-refractivity contribution in [2.75, 3.05) is 17.3 Å². The Morgan fingerprint density at radius 3 is 2.67 bits per heavy atom. The number of hydrogen-bond acceptors (Lipinski definition) is 4. The summed E-state index contributed by atoms with van der Waals surface area (Å²) in [4.78, 5) is 29.1. The Morgan fingerprint density at radius 1 is 1.06 bits per heavy atom. The van der Waals surface area contributed by atoms with Crippen molar-refractivity contribution >= 4 is 46.1 Å². The van der Waals surface area contributed by atoms with Gasteiger partial charge in [0.2, 0.25) is 0 Å². The number of carbonyl (C=O) groups is 2. The fraction of sp³-hybridized carbons (Fsp3) is 0.120. The number of nitrogens with one attached hydrogen (secondary N) is 1. The van der Waals surface area contributed by atoms with Gasteiger partial charge in [0, 0.05) is 33.0 Å². The zero-order valence-electron chi connectivity index (χ0n) is 17.7. The van der Waals surface area contributed by atoms with E-state index in [0.29, 0.717) is 34.1 Å². The van der Waals surface area contributed by atoms with Crippen LogP contribution in [0.2, 0.25) is 5.02 Å². The molecule has 0 aliphatic carbocycles. The van der Waals surface area contributed by atoms with Crippen molar-refractivity contribution in [3.63, 3.8) is 0 Å². The number of anilines is 2. The quantitative estimate of drug-likeness (QED) is 0.411. The third-order valence-corrected chi connectivity index (χ3v) is 6.74. The maximum atomic E-state index is 13.4. The summed E-state index contributed by atoms with van der Waals surface area (Å²) in [5, 5.41) is 5.34. The zero-order valence-corrected chi connectivity index (χ0v) is 19.3. The third-order valence-electron chi connectivity index (χ3n) is 5.61. The summed E-state index contributed by atoms with van der Waals surface area (Å²) in [5.41, 5.74) is 3.54. The van der Waals surface area contributed by atoms with Crippen LogP contribution in [0.1, 0.15) is 31.3 Å². The normalized spacial score (nSPS) is 12.5. The Balaban J connectivity index is 1.36. The van der Waals surface area contributed by atoms with E-state index in [1.54, 1.807) is 53.8 Å². The second-order valence-electron chi connectivity index (χ2n) is 7.62. The van der Waals surface area contributed by atoms with Gasteiger partial charge < -0.3 is 19.5 Å². The summed E-state index contributed by atoms with van der Waals surface area (Å²) < 4.78 is 7.43. The van der Waals surface area contributed by atoms with E-state index in [4.69, 9.17) is 16.3 Å². The molecule has 2 amide bonds. The van der Waals surface area contributed by atoms with Crippen LogP contribution in [0.4, 0.5) is 11.4 Å². The highest BCUT2D eigenvalue weighted by Gasteiger charge is 2.25. The number of rotatable bonds is 4. The minimum Gasteiger partial charge on any atom is -0.496 e. The van der Waals surface area contributed by atoms with Gasteiger partial charge >= 0.3 is 0 Å². The molecule has 0 radical (unpaired) electrons. The number of amides is 2. The summed E-state index contributed by atoms with van der Waals surface area (Å²) in [6, 6.07) is 17.8. The Morgan fingerprint density at radius 2 is 1.88 bits per heavy atom. The van der Waals surface area contributed by atoms with Gasteiger partial charge in [-0.25, -0.2) is 0 Å². The molecule has 0 unspecified atom stereocenters. The van der Waals surface area contributed by atoms with Gasteiger partial charge in [0.05, 0.1) is 31.5 Å². The number of hydrogen-bond donors (Lipinski definition) is 1. The number of fused-ring (bicyclic) bond motifs is 2. The molecule has 166 valence electrons. The molecule has 0 fully saturated rings. The van der Waals surface area contributed by atoms with Gasteiger partial charge in [-0.2, -0.15) is 0 Å². The third kappa shape index (κ3) is 4.13. The first-order valence-corrected chi connectivity index (χ1v) is 11.6. The average molecular weight is 478 g/mol. The van der Waals surface area contributed by atoms with E-state index in [9.17, 15) is 9.59 Å². The van der Waals surface area contributed by atoms with E-state index in [2.05, 4.69) is 9.88 Å². The number of methoxy groups -OCH3 is 1. The van der Waals surface area contributed by atoms with Gasteiger partial charge in [0.15, 0.2) is 0 Å². The highest BCUT2D eigenvalue weighted by atomic mass is 35.5. The molecule has 5 rings (SSSR count). The number of ether oxygens (including phenoxy) is 1. The lowest BCUT2D eigenvalue weighted by Crippen LogP contribution is -2.30. The minimum absolute atomic E-state index is 0.0819. The Labute approximate surface area is 200 Å². The first kappa shape index (κ1) is 21.3. The van der Waals surface area contributed by atoms with Crippen molar-refractivity contribution in [1.82, 2.24) is 4.57 Å². The van der Waals surface area contributed by atoms with E-state index in [-0.39, 0.29) is 11.8 Å². The van der Waals surface area contributed by atoms with E-state index in [0.717, 1.165) is 22.8 Å². The molecule has 0 atom stereocenters. The predicted molar refractivity (Wildman–Crippen MR) is 131 cm³/mol. The SMILES string of the molecule is COc1cc(Cl)ccc1C(=O)Nc1ccc(C(=O)N2Cc3cccn3Cc3sccc32)cc1. The Bertz CT molecular complexity index is 1340. The van der Waals surface area contributed by atoms with Crippen LogP contribution in [-0.4, -0.2) is 23.5 Å². The lowest BCUT2D eigenvalue weighted by molar-refractivity contribution is 0.0983. The van der Waals surface area contributed by atoms with Crippen LogP contribution >= 0.6 is 22.9 Å². The maximum absolute atomic E-state index is 13.4. The minimum atomic E-state index is -0.321. The molecule has 2 aromatic carbocycles. The van der Waals surface area contributed by atoms with Gasteiger partial charge in [-0.3, -0.25) is 9.59 Å². The van der Waals surface area contributed by atoms with Gasteiger partial charge in [0.25, 0.3) is 11.8 Å². The number of aromatic nitrogens is 1. The van der Waals surface area contributed by atoms with Gasteiger partial charge in [-0.05, 0) is 66.0 Å². The topological polar surface area (TPSA) is 63.6 Å². The van der Waals surface area contributed by atoms with Crippen LogP contribution in [-0.2, 0) is 13.1 Å². The number of benzene rings is 2. The van der Waals surface area contributed by atoms with Crippen LogP contribution in [0.15, 0.2) is 72.2 Å². The van der Waals surface area contributed by atoms with Gasteiger partial charge in [-0.15, -0.1) is 11.3 Å². The van der Waals surface area contributed by atoms with E-state index >= 15 is 0 Å².